The van der Waals surface area contributed by atoms with Gasteiger partial charge in [0.05, 0.1) is 18.4 Å². The Morgan fingerprint density at radius 1 is 1.32 bits per heavy atom. The number of nitrogens with zero attached hydrogens (tertiary/aromatic N) is 3. The van der Waals surface area contributed by atoms with Crippen molar-refractivity contribution in [3.8, 4) is 5.75 Å². The fourth-order valence-corrected chi connectivity index (χ4v) is 3.87. The third-order valence-electron chi connectivity index (χ3n) is 5.19. The van der Waals surface area contributed by atoms with Gasteiger partial charge in [-0.05, 0) is 37.8 Å². The number of rotatable bonds is 7. The number of aryl methyl sites for hydroxylation is 2. The van der Waals surface area contributed by atoms with Crippen molar-refractivity contribution in [1.82, 2.24) is 14.8 Å². The van der Waals surface area contributed by atoms with E-state index in [9.17, 15) is 4.79 Å². The summed E-state index contributed by atoms with van der Waals surface area (Å²) in [6.45, 7) is 5.65. The first-order valence-electron chi connectivity index (χ1n) is 9.28. The number of carbonyl (C=O) groups is 1. The van der Waals surface area contributed by atoms with Gasteiger partial charge in [0.25, 0.3) is 0 Å². The Morgan fingerprint density at radius 2 is 2.16 bits per heavy atom. The van der Waals surface area contributed by atoms with Gasteiger partial charge in [-0.2, -0.15) is 5.10 Å². The van der Waals surface area contributed by atoms with Gasteiger partial charge in [0.2, 0.25) is 0 Å². The number of aromatic nitrogens is 3. The van der Waals surface area contributed by atoms with Crippen LogP contribution in [0.2, 0.25) is 0 Å². The van der Waals surface area contributed by atoms with Crippen LogP contribution in [-0.2, 0) is 6.54 Å². The molecule has 0 bridgehead atoms. The van der Waals surface area contributed by atoms with Crippen molar-refractivity contribution in [2.75, 3.05) is 6.61 Å². The van der Waals surface area contributed by atoms with E-state index in [-0.39, 0.29) is 0 Å². The van der Waals surface area contributed by atoms with E-state index >= 15 is 0 Å². The van der Waals surface area contributed by atoms with Crippen LogP contribution in [0.3, 0.4) is 0 Å². The Bertz CT molecular complexity index is 711. The molecule has 5 nitrogen and oxygen atoms in total. The smallest absolute Gasteiger partial charge is 0.154 e. The van der Waals surface area contributed by atoms with Crippen LogP contribution in [0.15, 0.2) is 24.7 Å². The Kier molecular flexibility index (Phi) is 5.84. The second-order valence-electron chi connectivity index (χ2n) is 6.93. The molecule has 3 rings (SSSR count). The Hall–Kier alpha value is -2.17. The summed E-state index contributed by atoms with van der Waals surface area (Å²) < 4.78 is 8.20. The first-order chi connectivity index (χ1) is 12.2. The molecule has 2 aromatic rings. The minimum atomic E-state index is 0.445. The normalized spacial score (nSPS) is 20.4. The van der Waals surface area contributed by atoms with Gasteiger partial charge in [0.15, 0.2) is 6.29 Å². The minimum absolute atomic E-state index is 0.445. The average Bonchev–Trinajstić information content (AvgIpc) is 3.08. The third-order valence-corrected chi connectivity index (χ3v) is 5.19. The largest absolute Gasteiger partial charge is 0.491 e. The molecule has 0 N–H and O–H groups in total. The highest BCUT2D eigenvalue weighted by Gasteiger charge is 2.29. The predicted octanol–water partition coefficient (Wildman–Crippen LogP) is 4.16. The lowest BCUT2D eigenvalue weighted by atomic mass is 9.78. The maximum absolute atomic E-state index is 11.3. The highest BCUT2D eigenvalue weighted by molar-refractivity contribution is 5.81. The van der Waals surface area contributed by atoms with E-state index in [4.69, 9.17) is 4.74 Å². The van der Waals surface area contributed by atoms with E-state index in [1.54, 1.807) is 12.4 Å². The van der Waals surface area contributed by atoms with E-state index in [0.717, 1.165) is 31.2 Å². The second kappa shape index (κ2) is 8.28. The van der Waals surface area contributed by atoms with Gasteiger partial charge in [0.1, 0.15) is 5.75 Å². The average molecular weight is 341 g/mol. The highest BCUT2D eigenvalue weighted by Crippen LogP contribution is 2.38. The molecular weight excluding hydrogens is 314 g/mol. The van der Waals surface area contributed by atoms with Gasteiger partial charge in [-0.15, -0.1) is 0 Å². The zero-order chi connectivity index (χ0) is 17.6. The summed E-state index contributed by atoms with van der Waals surface area (Å²) in [6.07, 6.45) is 12.0. The second-order valence-corrected chi connectivity index (χ2v) is 6.93. The van der Waals surface area contributed by atoms with Crippen molar-refractivity contribution in [2.24, 2.45) is 5.92 Å². The third kappa shape index (κ3) is 3.91. The van der Waals surface area contributed by atoms with Gasteiger partial charge in [0, 0.05) is 36.5 Å². The minimum Gasteiger partial charge on any atom is -0.491 e. The van der Waals surface area contributed by atoms with Gasteiger partial charge < -0.3 is 4.74 Å². The maximum Gasteiger partial charge on any atom is 0.154 e. The number of hydrogen-bond donors (Lipinski definition) is 0. The summed E-state index contributed by atoms with van der Waals surface area (Å²) in [5.41, 5.74) is 2.79. The zero-order valence-electron chi connectivity index (χ0n) is 15.1. The zero-order valence-corrected chi connectivity index (χ0v) is 15.1. The number of ether oxygens (including phenoxy) is 1. The molecule has 0 aromatic carbocycles. The van der Waals surface area contributed by atoms with Gasteiger partial charge in [-0.25, -0.2) is 0 Å². The lowest BCUT2D eigenvalue weighted by molar-refractivity contribution is 0.111. The molecule has 0 aliphatic heterocycles. The molecule has 1 saturated carbocycles. The van der Waals surface area contributed by atoms with Crippen molar-refractivity contribution in [3.05, 3.63) is 41.5 Å². The van der Waals surface area contributed by atoms with Crippen LogP contribution >= 0.6 is 0 Å². The van der Waals surface area contributed by atoms with Crippen LogP contribution in [0.25, 0.3) is 0 Å². The molecule has 0 radical (unpaired) electrons. The van der Waals surface area contributed by atoms with Crippen LogP contribution in [0.1, 0.15) is 66.6 Å². The van der Waals surface area contributed by atoms with Crippen molar-refractivity contribution in [3.63, 3.8) is 0 Å². The monoisotopic (exact) mass is 341 g/mol. The van der Waals surface area contributed by atoms with Crippen LogP contribution in [0.5, 0.6) is 5.75 Å². The quantitative estimate of drug-likeness (QED) is 0.710. The Balaban J connectivity index is 1.75. The number of aldehydes is 1. The molecule has 2 aromatic heterocycles. The molecule has 0 spiro atoms. The van der Waals surface area contributed by atoms with Gasteiger partial charge in [-0.1, -0.05) is 19.8 Å². The SMILES string of the molecule is CCCn1nccc1C1CCCCC1COc1cncc(C)c1C=O. The first-order valence-corrected chi connectivity index (χ1v) is 9.28. The van der Waals surface area contributed by atoms with Crippen molar-refractivity contribution in [2.45, 2.75) is 58.4 Å². The van der Waals surface area contributed by atoms with E-state index in [0.29, 0.717) is 29.8 Å². The molecule has 2 unspecified atom stereocenters. The van der Waals surface area contributed by atoms with Gasteiger partial charge in [-0.3, -0.25) is 14.5 Å². The van der Waals surface area contributed by atoms with Gasteiger partial charge >= 0.3 is 0 Å². The molecule has 25 heavy (non-hydrogen) atoms. The molecule has 1 aliphatic carbocycles. The molecule has 2 heterocycles. The molecule has 5 heteroatoms. The fourth-order valence-electron chi connectivity index (χ4n) is 3.87. The lowest BCUT2D eigenvalue weighted by Crippen LogP contribution is -2.26. The van der Waals surface area contributed by atoms with E-state index in [2.05, 4.69) is 27.8 Å². The summed E-state index contributed by atoms with van der Waals surface area (Å²) in [4.78, 5) is 15.5. The number of carbonyl (C=O) groups excluding carboxylic acids is 1. The number of pyridine rings is 1. The van der Waals surface area contributed by atoms with Crippen molar-refractivity contribution in [1.29, 1.82) is 0 Å². The molecule has 134 valence electrons. The van der Waals surface area contributed by atoms with E-state index < -0.39 is 0 Å². The Labute approximate surface area is 149 Å². The topological polar surface area (TPSA) is 57.0 Å². The predicted molar refractivity (Wildman–Crippen MR) is 97.1 cm³/mol. The van der Waals surface area contributed by atoms with Crippen LogP contribution in [0, 0.1) is 12.8 Å². The molecule has 0 amide bonds. The molecule has 1 aliphatic rings. The summed E-state index contributed by atoms with van der Waals surface area (Å²) in [5.74, 6) is 1.52. The van der Waals surface area contributed by atoms with E-state index in [1.165, 1.54) is 25.0 Å². The first kappa shape index (κ1) is 17.6. The molecule has 0 saturated heterocycles. The van der Waals surface area contributed by atoms with Crippen LogP contribution in [0.4, 0.5) is 0 Å². The highest BCUT2D eigenvalue weighted by atomic mass is 16.5. The van der Waals surface area contributed by atoms with Crippen LogP contribution < -0.4 is 4.74 Å². The fraction of sp³-hybridized carbons (Fsp3) is 0.550. The summed E-state index contributed by atoms with van der Waals surface area (Å²) in [6, 6.07) is 2.16. The van der Waals surface area contributed by atoms with E-state index in [1.807, 2.05) is 13.1 Å². The summed E-state index contributed by atoms with van der Waals surface area (Å²) in [7, 11) is 0. The van der Waals surface area contributed by atoms with Crippen molar-refractivity contribution < 1.29 is 9.53 Å². The standard InChI is InChI=1S/C20H27N3O2/c1-3-10-23-19(8-9-22-23)17-7-5-4-6-16(17)14-25-20-12-21-11-15(2)18(20)13-24/h8-9,11-13,16-17H,3-7,10,14H2,1-2H3. The summed E-state index contributed by atoms with van der Waals surface area (Å²) in [5, 5.41) is 4.49. The molecular formula is C20H27N3O2. The molecule has 1 fully saturated rings. The maximum atomic E-state index is 11.3. The molecule has 2 atom stereocenters. The summed E-state index contributed by atoms with van der Waals surface area (Å²) >= 11 is 0. The Morgan fingerprint density at radius 3 is 2.96 bits per heavy atom. The number of hydrogen-bond acceptors (Lipinski definition) is 4. The lowest BCUT2D eigenvalue weighted by Gasteiger charge is -2.32. The van der Waals surface area contributed by atoms with Crippen LogP contribution in [-0.4, -0.2) is 27.7 Å². The van der Waals surface area contributed by atoms with Crippen molar-refractivity contribution >= 4 is 6.29 Å².